The lowest BCUT2D eigenvalue weighted by molar-refractivity contribution is 0.0412. The molecule has 10 heavy (non-hydrogen) atoms. The van der Waals surface area contributed by atoms with Crippen molar-refractivity contribution >= 4 is 0 Å². The van der Waals surface area contributed by atoms with Gasteiger partial charge in [0.2, 0.25) is 0 Å². The van der Waals surface area contributed by atoms with Crippen LogP contribution in [0.2, 0.25) is 0 Å². The molecule has 62 valence electrons. The third-order valence-corrected chi connectivity index (χ3v) is 1.22. The Hall–Kier alpha value is -0.160. The Bertz CT molecular complexity index is 85.8. The smallest absolute Gasteiger partial charge is 0.149 e. The summed E-state index contributed by atoms with van der Waals surface area (Å²) in [6.45, 7) is 4.32. The SMILES string of the molecule is CC(C)CCN([O-])C(N)O. The van der Waals surface area contributed by atoms with Crippen molar-refractivity contribution in [2.45, 2.75) is 26.6 Å². The van der Waals surface area contributed by atoms with E-state index in [-0.39, 0.29) is 0 Å². The zero-order valence-corrected chi connectivity index (χ0v) is 6.45. The average Bonchev–Trinajstić information content (AvgIpc) is 1.82. The topological polar surface area (TPSA) is 72.5 Å². The van der Waals surface area contributed by atoms with Crippen molar-refractivity contribution in [3.8, 4) is 0 Å². The van der Waals surface area contributed by atoms with Crippen molar-refractivity contribution in [1.82, 2.24) is 5.06 Å². The molecule has 0 heterocycles. The molecule has 0 saturated carbocycles. The molecule has 0 saturated heterocycles. The van der Waals surface area contributed by atoms with Gasteiger partial charge >= 0.3 is 0 Å². The van der Waals surface area contributed by atoms with E-state index in [0.29, 0.717) is 17.5 Å². The summed E-state index contributed by atoms with van der Waals surface area (Å²) in [5.41, 5.74) is 4.89. The van der Waals surface area contributed by atoms with Gasteiger partial charge in [-0.1, -0.05) is 13.8 Å². The van der Waals surface area contributed by atoms with Crippen LogP contribution in [0.15, 0.2) is 0 Å². The van der Waals surface area contributed by atoms with Gasteiger partial charge in [-0.25, -0.2) is 0 Å². The molecule has 0 fully saturated rings. The molecule has 0 rings (SSSR count). The highest BCUT2D eigenvalue weighted by atomic mass is 16.5. The zero-order valence-electron chi connectivity index (χ0n) is 6.45. The van der Waals surface area contributed by atoms with Crippen LogP contribution in [-0.4, -0.2) is 23.1 Å². The highest BCUT2D eigenvalue weighted by Gasteiger charge is 1.99. The summed E-state index contributed by atoms with van der Waals surface area (Å²) in [6.07, 6.45) is -0.601. The van der Waals surface area contributed by atoms with Gasteiger partial charge in [-0.2, -0.15) is 0 Å². The van der Waals surface area contributed by atoms with Crippen LogP contribution in [0.25, 0.3) is 0 Å². The van der Waals surface area contributed by atoms with Crippen LogP contribution in [0, 0.1) is 11.1 Å². The van der Waals surface area contributed by atoms with E-state index in [2.05, 4.69) is 0 Å². The summed E-state index contributed by atoms with van der Waals surface area (Å²) in [5.74, 6) is 0.468. The molecule has 3 N–H and O–H groups in total. The van der Waals surface area contributed by atoms with Crippen molar-refractivity contribution in [2.75, 3.05) is 6.54 Å². The molecule has 0 aliphatic rings. The predicted octanol–water partition coefficient (Wildman–Crippen LogP) is 0.0669. The molecule has 0 aromatic rings. The van der Waals surface area contributed by atoms with E-state index in [1.807, 2.05) is 13.8 Å². The Labute approximate surface area is 61.2 Å². The number of hydrogen-bond acceptors (Lipinski definition) is 4. The van der Waals surface area contributed by atoms with Crippen LogP contribution < -0.4 is 5.73 Å². The van der Waals surface area contributed by atoms with E-state index in [9.17, 15) is 5.21 Å². The Morgan fingerprint density at radius 3 is 2.40 bits per heavy atom. The Balaban J connectivity index is 3.30. The van der Waals surface area contributed by atoms with Crippen molar-refractivity contribution in [3.05, 3.63) is 5.21 Å². The van der Waals surface area contributed by atoms with E-state index in [1.165, 1.54) is 0 Å². The van der Waals surface area contributed by atoms with Gasteiger partial charge in [-0.3, -0.25) is 5.73 Å². The predicted molar refractivity (Wildman–Crippen MR) is 39.7 cm³/mol. The van der Waals surface area contributed by atoms with Crippen LogP contribution in [0.5, 0.6) is 0 Å². The summed E-state index contributed by atoms with van der Waals surface area (Å²) in [7, 11) is 0. The molecule has 0 aliphatic carbocycles. The molecule has 1 unspecified atom stereocenters. The van der Waals surface area contributed by atoms with E-state index in [4.69, 9.17) is 10.8 Å². The third-order valence-electron chi connectivity index (χ3n) is 1.22. The number of hydroxylamine groups is 2. The highest BCUT2D eigenvalue weighted by molar-refractivity contribution is 4.57. The van der Waals surface area contributed by atoms with Gasteiger partial charge in [0.25, 0.3) is 0 Å². The molecule has 0 aromatic carbocycles. The first-order valence-electron chi connectivity index (χ1n) is 3.41. The number of hydrogen-bond donors (Lipinski definition) is 2. The van der Waals surface area contributed by atoms with Crippen molar-refractivity contribution in [1.29, 1.82) is 0 Å². The minimum Gasteiger partial charge on any atom is -0.782 e. The summed E-state index contributed by atoms with van der Waals surface area (Å²) in [5, 5.41) is 19.6. The van der Waals surface area contributed by atoms with Gasteiger partial charge in [0.05, 0.1) is 0 Å². The minimum atomic E-state index is -1.36. The maximum absolute atomic E-state index is 10.6. The number of rotatable bonds is 4. The quantitative estimate of drug-likeness (QED) is 0.436. The second-order valence-electron chi connectivity index (χ2n) is 2.74. The van der Waals surface area contributed by atoms with Crippen molar-refractivity contribution in [2.24, 2.45) is 11.7 Å². The molecule has 0 radical (unpaired) electrons. The monoisotopic (exact) mass is 147 g/mol. The number of aliphatic hydroxyl groups excluding tert-OH is 1. The van der Waals surface area contributed by atoms with Crippen LogP contribution in [0.3, 0.4) is 0 Å². The van der Waals surface area contributed by atoms with E-state index >= 15 is 0 Å². The zero-order chi connectivity index (χ0) is 8.15. The van der Waals surface area contributed by atoms with Gasteiger partial charge in [-0.15, -0.1) is 0 Å². The van der Waals surface area contributed by atoms with Crippen LogP contribution in [0.4, 0.5) is 0 Å². The first kappa shape index (κ1) is 9.84. The van der Waals surface area contributed by atoms with Crippen molar-refractivity contribution < 1.29 is 5.11 Å². The fraction of sp³-hybridized carbons (Fsp3) is 1.00. The van der Waals surface area contributed by atoms with E-state index in [1.54, 1.807) is 0 Å². The summed E-state index contributed by atoms with van der Waals surface area (Å²) >= 11 is 0. The van der Waals surface area contributed by atoms with Gasteiger partial charge in [0.1, 0.15) is 6.35 Å². The Kier molecular flexibility index (Phi) is 4.55. The molecular formula is C6H15N2O2-. The summed E-state index contributed by atoms with van der Waals surface area (Å²) in [6, 6.07) is 0. The lowest BCUT2D eigenvalue weighted by Crippen LogP contribution is -2.38. The molecular weight excluding hydrogens is 132 g/mol. The minimum absolute atomic E-state index is 0.301. The maximum Gasteiger partial charge on any atom is 0.149 e. The van der Waals surface area contributed by atoms with Gasteiger partial charge in [-0.05, 0) is 18.9 Å². The van der Waals surface area contributed by atoms with Crippen LogP contribution in [-0.2, 0) is 0 Å². The summed E-state index contributed by atoms with van der Waals surface area (Å²) < 4.78 is 0. The third kappa shape index (κ3) is 4.69. The average molecular weight is 147 g/mol. The first-order chi connectivity index (χ1) is 4.54. The van der Waals surface area contributed by atoms with Gasteiger partial charge in [0, 0.05) is 0 Å². The Morgan fingerprint density at radius 1 is 1.60 bits per heavy atom. The van der Waals surface area contributed by atoms with Gasteiger partial charge < -0.3 is 15.4 Å². The molecule has 4 heteroatoms. The second-order valence-corrected chi connectivity index (χ2v) is 2.74. The van der Waals surface area contributed by atoms with Crippen LogP contribution >= 0.6 is 0 Å². The first-order valence-corrected chi connectivity index (χ1v) is 3.41. The van der Waals surface area contributed by atoms with E-state index in [0.717, 1.165) is 6.42 Å². The standard InChI is InChI=1S/C6H15N2O2/c1-5(2)3-4-8(10)6(7)9/h5-6,9H,3-4,7H2,1-2H3/q-1. The number of nitrogens with zero attached hydrogens (tertiary/aromatic N) is 1. The van der Waals surface area contributed by atoms with Crippen molar-refractivity contribution in [3.63, 3.8) is 0 Å². The molecule has 0 bridgehead atoms. The molecule has 0 aromatic heterocycles. The number of nitrogens with two attached hydrogens (primary N) is 1. The highest BCUT2D eigenvalue weighted by Crippen LogP contribution is 2.00. The lowest BCUT2D eigenvalue weighted by atomic mass is 10.1. The number of aliphatic hydroxyl groups is 1. The molecule has 0 amide bonds. The molecule has 4 nitrogen and oxygen atoms in total. The van der Waals surface area contributed by atoms with Crippen LogP contribution in [0.1, 0.15) is 20.3 Å². The van der Waals surface area contributed by atoms with E-state index < -0.39 is 6.35 Å². The fourth-order valence-corrected chi connectivity index (χ4v) is 0.518. The summed E-state index contributed by atoms with van der Waals surface area (Å²) in [4.78, 5) is 0. The molecule has 1 atom stereocenters. The molecule has 0 spiro atoms. The fourth-order valence-electron chi connectivity index (χ4n) is 0.518. The largest absolute Gasteiger partial charge is 0.782 e. The lowest BCUT2D eigenvalue weighted by Gasteiger charge is -2.30. The molecule has 0 aliphatic heterocycles. The maximum atomic E-state index is 10.6. The second kappa shape index (κ2) is 4.62. The van der Waals surface area contributed by atoms with Gasteiger partial charge in [0.15, 0.2) is 0 Å². The Morgan fingerprint density at radius 2 is 2.10 bits per heavy atom. The normalized spacial score (nSPS) is 14.7.